The third-order valence-corrected chi connectivity index (χ3v) is 4.12. The molecule has 0 spiro atoms. The third kappa shape index (κ3) is 3.96. The van der Waals surface area contributed by atoms with Crippen molar-refractivity contribution in [3.63, 3.8) is 0 Å². The minimum atomic E-state index is 0.434. The van der Waals surface area contributed by atoms with Crippen molar-refractivity contribution >= 4 is 5.69 Å². The van der Waals surface area contributed by atoms with Gasteiger partial charge in [-0.2, -0.15) is 5.26 Å². The van der Waals surface area contributed by atoms with Gasteiger partial charge in [-0.25, -0.2) is 0 Å². The standard InChI is InChI=1S/C17H26N4/c1-4-19-12-15-6-7-17(16(10-15)11-18)21-9-5-8-20(3)13-14(21)2/h6-7,10,14,19H,4-5,8-9,12-13H2,1-3H3. The number of likely N-dealkylation sites (N-methyl/N-ethyl adjacent to an activating group) is 1. The van der Waals surface area contributed by atoms with E-state index in [0.717, 1.165) is 50.4 Å². The van der Waals surface area contributed by atoms with Crippen molar-refractivity contribution < 1.29 is 0 Å². The lowest BCUT2D eigenvalue weighted by Crippen LogP contribution is -2.38. The summed E-state index contributed by atoms with van der Waals surface area (Å²) in [6.07, 6.45) is 1.14. The van der Waals surface area contributed by atoms with E-state index in [0.29, 0.717) is 6.04 Å². The summed E-state index contributed by atoms with van der Waals surface area (Å²) in [7, 11) is 2.17. The third-order valence-electron chi connectivity index (χ3n) is 4.12. The van der Waals surface area contributed by atoms with E-state index >= 15 is 0 Å². The van der Waals surface area contributed by atoms with Gasteiger partial charge in [0.25, 0.3) is 0 Å². The Hall–Kier alpha value is -1.57. The Balaban J connectivity index is 2.24. The number of nitrogens with zero attached hydrogens (tertiary/aromatic N) is 3. The molecule has 1 atom stereocenters. The number of hydrogen-bond acceptors (Lipinski definition) is 4. The van der Waals surface area contributed by atoms with E-state index in [2.05, 4.69) is 54.2 Å². The number of nitriles is 1. The molecule has 4 heteroatoms. The van der Waals surface area contributed by atoms with Crippen LogP contribution in [-0.4, -0.2) is 44.2 Å². The average Bonchev–Trinajstić information content (AvgIpc) is 2.65. The van der Waals surface area contributed by atoms with Crippen molar-refractivity contribution in [1.82, 2.24) is 10.2 Å². The monoisotopic (exact) mass is 286 g/mol. The molecule has 1 aromatic carbocycles. The Kier molecular flexibility index (Phi) is 5.60. The van der Waals surface area contributed by atoms with Gasteiger partial charge in [0.05, 0.1) is 11.3 Å². The molecule has 2 rings (SSSR count). The maximum Gasteiger partial charge on any atom is 0.101 e. The molecule has 0 aromatic heterocycles. The summed E-state index contributed by atoms with van der Waals surface area (Å²) in [5, 5.41) is 12.8. The molecule has 1 aliphatic rings. The summed E-state index contributed by atoms with van der Waals surface area (Å²) in [6, 6.07) is 9.10. The first-order valence-corrected chi connectivity index (χ1v) is 7.84. The van der Waals surface area contributed by atoms with Crippen LogP contribution in [-0.2, 0) is 6.54 Å². The van der Waals surface area contributed by atoms with Crippen LogP contribution in [0.25, 0.3) is 0 Å². The summed E-state index contributed by atoms with van der Waals surface area (Å²) in [4.78, 5) is 4.76. The van der Waals surface area contributed by atoms with Gasteiger partial charge in [0.15, 0.2) is 0 Å². The molecule has 114 valence electrons. The number of hydrogen-bond donors (Lipinski definition) is 1. The Bertz CT molecular complexity index is 506. The van der Waals surface area contributed by atoms with Crippen molar-refractivity contribution in [2.45, 2.75) is 32.9 Å². The second-order valence-electron chi connectivity index (χ2n) is 5.90. The lowest BCUT2D eigenvalue weighted by molar-refractivity contribution is 0.337. The summed E-state index contributed by atoms with van der Waals surface area (Å²) in [5.74, 6) is 0. The zero-order valence-corrected chi connectivity index (χ0v) is 13.4. The Morgan fingerprint density at radius 1 is 1.38 bits per heavy atom. The average molecular weight is 286 g/mol. The van der Waals surface area contributed by atoms with Crippen molar-refractivity contribution in [3.05, 3.63) is 29.3 Å². The van der Waals surface area contributed by atoms with Gasteiger partial charge < -0.3 is 15.1 Å². The fourth-order valence-corrected chi connectivity index (χ4v) is 3.03. The molecule has 4 nitrogen and oxygen atoms in total. The molecule has 0 amide bonds. The highest BCUT2D eigenvalue weighted by molar-refractivity contribution is 5.61. The maximum atomic E-state index is 9.50. The van der Waals surface area contributed by atoms with Gasteiger partial charge in [-0.15, -0.1) is 0 Å². The van der Waals surface area contributed by atoms with E-state index in [4.69, 9.17) is 0 Å². The van der Waals surface area contributed by atoms with Crippen molar-refractivity contribution in [2.24, 2.45) is 0 Å². The molecular weight excluding hydrogens is 260 g/mol. The van der Waals surface area contributed by atoms with E-state index < -0.39 is 0 Å². The van der Waals surface area contributed by atoms with Crippen LogP contribution < -0.4 is 10.2 Å². The first kappa shape index (κ1) is 15.8. The number of nitrogens with one attached hydrogen (secondary N) is 1. The minimum Gasteiger partial charge on any atom is -0.366 e. The van der Waals surface area contributed by atoms with E-state index in [1.807, 2.05) is 6.07 Å². The van der Waals surface area contributed by atoms with Crippen LogP contribution >= 0.6 is 0 Å². The first-order valence-electron chi connectivity index (χ1n) is 7.84. The molecule has 0 saturated carbocycles. The van der Waals surface area contributed by atoms with Crippen molar-refractivity contribution in [1.29, 1.82) is 5.26 Å². The van der Waals surface area contributed by atoms with Crippen LogP contribution in [0.4, 0.5) is 5.69 Å². The normalized spacial score (nSPS) is 20.1. The SMILES string of the molecule is CCNCc1ccc(N2CCCN(C)CC2C)c(C#N)c1. The topological polar surface area (TPSA) is 42.3 Å². The Morgan fingerprint density at radius 3 is 2.90 bits per heavy atom. The minimum absolute atomic E-state index is 0.434. The first-order chi connectivity index (χ1) is 10.2. The van der Waals surface area contributed by atoms with Crippen LogP contribution in [0.5, 0.6) is 0 Å². The van der Waals surface area contributed by atoms with Gasteiger partial charge >= 0.3 is 0 Å². The van der Waals surface area contributed by atoms with E-state index in [9.17, 15) is 5.26 Å². The molecule has 1 fully saturated rings. The fourth-order valence-electron chi connectivity index (χ4n) is 3.03. The van der Waals surface area contributed by atoms with Gasteiger partial charge in [0.1, 0.15) is 6.07 Å². The zero-order chi connectivity index (χ0) is 15.2. The van der Waals surface area contributed by atoms with E-state index in [1.54, 1.807) is 0 Å². The highest BCUT2D eigenvalue weighted by Gasteiger charge is 2.22. The maximum absolute atomic E-state index is 9.50. The van der Waals surface area contributed by atoms with Crippen LogP contribution in [0.2, 0.25) is 0 Å². The van der Waals surface area contributed by atoms with Gasteiger partial charge in [-0.3, -0.25) is 0 Å². The summed E-state index contributed by atoms with van der Waals surface area (Å²) < 4.78 is 0. The number of rotatable bonds is 4. The molecule has 0 radical (unpaired) electrons. The predicted molar refractivity (Wildman–Crippen MR) is 87.5 cm³/mol. The van der Waals surface area contributed by atoms with E-state index in [1.165, 1.54) is 5.56 Å². The van der Waals surface area contributed by atoms with Crippen molar-refractivity contribution in [3.8, 4) is 6.07 Å². The van der Waals surface area contributed by atoms with Crippen molar-refractivity contribution in [2.75, 3.05) is 38.1 Å². The highest BCUT2D eigenvalue weighted by Crippen LogP contribution is 2.25. The highest BCUT2D eigenvalue weighted by atomic mass is 15.2. The largest absolute Gasteiger partial charge is 0.366 e. The number of benzene rings is 1. The molecule has 21 heavy (non-hydrogen) atoms. The summed E-state index contributed by atoms with van der Waals surface area (Å²) in [5.41, 5.74) is 3.05. The summed E-state index contributed by atoms with van der Waals surface area (Å²) >= 11 is 0. The molecule has 1 aliphatic heterocycles. The molecular formula is C17H26N4. The quantitative estimate of drug-likeness (QED) is 0.921. The molecule has 1 N–H and O–H groups in total. The van der Waals surface area contributed by atoms with Crippen LogP contribution in [0, 0.1) is 11.3 Å². The molecule has 1 unspecified atom stereocenters. The summed E-state index contributed by atoms with van der Waals surface area (Å²) in [6.45, 7) is 9.30. The second-order valence-corrected chi connectivity index (χ2v) is 5.90. The lowest BCUT2D eigenvalue weighted by atomic mass is 10.1. The Morgan fingerprint density at radius 2 is 2.19 bits per heavy atom. The molecule has 1 saturated heterocycles. The molecule has 0 aliphatic carbocycles. The predicted octanol–water partition coefficient (Wildman–Crippen LogP) is 2.20. The second kappa shape index (κ2) is 7.44. The van der Waals surface area contributed by atoms with Crippen LogP contribution in [0.1, 0.15) is 31.4 Å². The van der Waals surface area contributed by atoms with Crippen LogP contribution in [0.15, 0.2) is 18.2 Å². The fraction of sp³-hybridized carbons (Fsp3) is 0.588. The van der Waals surface area contributed by atoms with Gasteiger partial charge in [0.2, 0.25) is 0 Å². The number of anilines is 1. The van der Waals surface area contributed by atoms with Gasteiger partial charge in [-0.05, 0) is 51.2 Å². The smallest absolute Gasteiger partial charge is 0.101 e. The molecule has 0 bridgehead atoms. The van der Waals surface area contributed by atoms with E-state index in [-0.39, 0.29) is 0 Å². The Labute approximate surface area is 128 Å². The van der Waals surface area contributed by atoms with Gasteiger partial charge in [-0.1, -0.05) is 13.0 Å². The van der Waals surface area contributed by atoms with Gasteiger partial charge in [0, 0.05) is 25.7 Å². The molecule has 1 aromatic rings. The zero-order valence-electron chi connectivity index (χ0n) is 13.4. The lowest BCUT2D eigenvalue weighted by Gasteiger charge is -2.31. The van der Waals surface area contributed by atoms with Crippen LogP contribution in [0.3, 0.4) is 0 Å². The molecule has 1 heterocycles.